The van der Waals surface area contributed by atoms with Crippen LogP contribution in [0.3, 0.4) is 0 Å². The van der Waals surface area contributed by atoms with Gasteiger partial charge in [-0.2, -0.15) is 0 Å². The Morgan fingerprint density at radius 3 is 1.51 bits per heavy atom. The fourth-order valence-corrected chi connectivity index (χ4v) is 9.48. The highest BCUT2D eigenvalue weighted by molar-refractivity contribution is 6.13. The highest BCUT2D eigenvalue weighted by Gasteiger charge is 2.23. The lowest BCUT2D eigenvalue weighted by Gasteiger charge is -2.20. The lowest BCUT2D eigenvalue weighted by Crippen LogP contribution is -2.02. The van der Waals surface area contributed by atoms with E-state index in [-0.39, 0.29) is 0 Å². The standard InChI is InChI=1S/C56H34N4O/c1-2-11-35(12-3-1)36-21-27-40(28-22-36)59-48-17-7-4-13-42(48)45-33-38(25-31-50(45)59)39-26-32-51-46(34-39)43-14-5-8-18-49(43)60(51)41-29-23-37(24-30-41)56-57-47-16-10-20-53-54(47)55(58-56)44-15-6-9-19-52(44)61-53/h1-34H. The van der Waals surface area contributed by atoms with Crippen molar-refractivity contribution >= 4 is 54.5 Å². The summed E-state index contributed by atoms with van der Waals surface area (Å²) in [7, 11) is 0. The summed E-state index contributed by atoms with van der Waals surface area (Å²) in [6, 6.07) is 73.4. The third kappa shape index (κ3) is 5.21. The summed E-state index contributed by atoms with van der Waals surface area (Å²) in [5.74, 6) is 2.29. The van der Waals surface area contributed by atoms with Crippen molar-refractivity contribution in [2.75, 3.05) is 0 Å². The van der Waals surface area contributed by atoms with Gasteiger partial charge in [0.25, 0.3) is 0 Å². The summed E-state index contributed by atoms with van der Waals surface area (Å²) in [6.07, 6.45) is 0. The van der Waals surface area contributed by atoms with Crippen LogP contribution in [0.2, 0.25) is 0 Å². The normalized spacial score (nSPS) is 12.1. The summed E-state index contributed by atoms with van der Waals surface area (Å²) in [5, 5.41) is 5.86. The number of benzene rings is 9. The van der Waals surface area contributed by atoms with Crippen LogP contribution in [-0.4, -0.2) is 19.1 Å². The van der Waals surface area contributed by atoms with Gasteiger partial charge in [-0.1, -0.05) is 109 Å². The zero-order chi connectivity index (χ0) is 40.0. The van der Waals surface area contributed by atoms with Crippen molar-refractivity contribution in [3.63, 3.8) is 0 Å². The van der Waals surface area contributed by atoms with Gasteiger partial charge >= 0.3 is 0 Å². The third-order valence-corrected chi connectivity index (χ3v) is 12.3. The smallest absolute Gasteiger partial charge is 0.160 e. The van der Waals surface area contributed by atoms with Gasteiger partial charge in [0, 0.05) is 44.0 Å². The molecule has 1 aliphatic rings. The maximum atomic E-state index is 6.23. The molecule has 5 nitrogen and oxygen atoms in total. The Bertz CT molecular complexity index is 3710. The van der Waals surface area contributed by atoms with Crippen molar-refractivity contribution in [1.82, 2.24) is 19.1 Å². The molecular formula is C56H34N4O. The van der Waals surface area contributed by atoms with Crippen LogP contribution in [0, 0.1) is 0 Å². The summed E-state index contributed by atoms with van der Waals surface area (Å²) in [5.41, 5.74) is 15.4. The van der Waals surface area contributed by atoms with Crippen molar-refractivity contribution in [1.29, 1.82) is 0 Å². The van der Waals surface area contributed by atoms with Gasteiger partial charge < -0.3 is 13.9 Å². The second kappa shape index (κ2) is 13.1. The number of para-hydroxylation sites is 3. The molecule has 0 amide bonds. The quantitative estimate of drug-likeness (QED) is 0.175. The molecule has 0 spiro atoms. The molecule has 0 bridgehead atoms. The monoisotopic (exact) mass is 778 g/mol. The Labute approximate surface area is 351 Å². The van der Waals surface area contributed by atoms with E-state index in [0.717, 1.165) is 61.6 Å². The topological polar surface area (TPSA) is 44.9 Å². The van der Waals surface area contributed by atoms with Gasteiger partial charge in [-0.3, -0.25) is 0 Å². The fourth-order valence-electron chi connectivity index (χ4n) is 9.48. The zero-order valence-electron chi connectivity index (χ0n) is 32.8. The number of hydrogen-bond acceptors (Lipinski definition) is 3. The van der Waals surface area contributed by atoms with E-state index in [0.29, 0.717) is 5.82 Å². The largest absolute Gasteiger partial charge is 0.456 e. The van der Waals surface area contributed by atoms with Crippen LogP contribution in [0.1, 0.15) is 0 Å². The number of aromatic nitrogens is 4. The number of rotatable bonds is 5. The average Bonchev–Trinajstić information content (AvgIpc) is 3.84. The molecule has 4 heterocycles. The van der Waals surface area contributed by atoms with Gasteiger partial charge in [0.05, 0.1) is 38.7 Å². The minimum absolute atomic E-state index is 0.691. The molecule has 5 heteroatoms. The lowest BCUT2D eigenvalue weighted by atomic mass is 10.0. The highest BCUT2D eigenvalue weighted by atomic mass is 16.5. The molecule has 61 heavy (non-hydrogen) atoms. The second-order valence-electron chi connectivity index (χ2n) is 15.8. The molecule has 0 fully saturated rings. The molecule has 0 aliphatic carbocycles. The maximum Gasteiger partial charge on any atom is 0.160 e. The minimum atomic E-state index is 0.691. The number of fused-ring (bicyclic) bond motifs is 8. The van der Waals surface area contributed by atoms with Crippen LogP contribution >= 0.6 is 0 Å². The van der Waals surface area contributed by atoms with Gasteiger partial charge in [0.15, 0.2) is 5.82 Å². The Morgan fingerprint density at radius 1 is 0.344 bits per heavy atom. The van der Waals surface area contributed by atoms with Crippen molar-refractivity contribution in [2.45, 2.75) is 0 Å². The van der Waals surface area contributed by atoms with E-state index >= 15 is 0 Å². The van der Waals surface area contributed by atoms with Crippen LogP contribution in [0.5, 0.6) is 11.5 Å². The molecular weight excluding hydrogens is 745 g/mol. The number of hydrogen-bond donors (Lipinski definition) is 0. The Kier molecular flexibility index (Phi) is 7.24. The van der Waals surface area contributed by atoms with E-state index in [1.54, 1.807) is 0 Å². The first-order valence-electron chi connectivity index (χ1n) is 20.6. The Balaban J connectivity index is 0.890. The van der Waals surface area contributed by atoms with E-state index in [4.69, 9.17) is 14.7 Å². The molecule has 0 unspecified atom stereocenters. The van der Waals surface area contributed by atoms with Gasteiger partial charge in [-0.25, -0.2) is 9.97 Å². The molecule has 9 aromatic carbocycles. The maximum absolute atomic E-state index is 6.23. The molecule has 0 saturated carbocycles. The molecule has 0 saturated heterocycles. The van der Waals surface area contributed by atoms with Crippen LogP contribution in [0.15, 0.2) is 206 Å². The first-order valence-corrected chi connectivity index (χ1v) is 20.6. The lowest BCUT2D eigenvalue weighted by molar-refractivity contribution is 0.486. The van der Waals surface area contributed by atoms with Crippen LogP contribution in [-0.2, 0) is 0 Å². The highest BCUT2D eigenvalue weighted by Crippen LogP contribution is 2.46. The zero-order valence-corrected chi connectivity index (χ0v) is 32.8. The molecule has 3 aromatic heterocycles. The minimum Gasteiger partial charge on any atom is -0.456 e. The fraction of sp³-hybridized carbons (Fsp3) is 0. The number of ether oxygens (including phenoxy) is 1. The SMILES string of the molecule is c1ccc(-c2ccc(-n3c4ccccc4c4cc(-c5ccc6c(c5)c5ccccc5n6-c5ccc(-c6nc7c8c(cccc8n6)Oc6ccccc6-7)cc5)ccc43)cc2)cc1. The summed E-state index contributed by atoms with van der Waals surface area (Å²) in [6.45, 7) is 0. The first-order chi connectivity index (χ1) is 30.2. The van der Waals surface area contributed by atoms with Gasteiger partial charge in [-0.15, -0.1) is 0 Å². The predicted octanol–water partition coefficient (Wildman–Crippen LogP) is 14.6. The van der Waals surface area contributed by atoms with Gasteiger partial charge in [0.1, 0.15) is 11.5 Å². The predicted molar refractivity (Wildman–Crippen MR) is 250 cm³/mol. The Hall–Kier alpha value is -8.28. The van der Waals surface area contributed by atoms with Crippen molar-refractivity contribution in [3.8, 4) is 67.8 Å². The molecule has 12 aromatic rings. The van der Waals surface area contributed by atoms with Crippen molar-refractivity contribution < 1.29 is 4.74 Å². The molecule has 1 aliphatic heterocycles. The van der Waals surface area contributed by atoms with E-state index in [1.807, 2.05) is 36.4 Å². The molecule has 0 atom stereocenters. The summed E-state index contributed by atoms with van der Waals surface area (Å²) >= 11 is 0. The number of nitrogens with zero attached hydrogens (tertiary/aromatic N) is 4. The van der Waals surface area contributed by atoms with E-state index in [9.17, 15) is 0 Å². The summed E-state index contributed by atoms with van der Waals surface area (Å²) < 4.78 is 11.0. The van der Waals surface area contributed by atoms with Gasteiger partial charge in [-0.05, 0) is 119 Å². The van der Waals surface area contributed by atoms with E-state index < -0.39 is 0 Å². The summed E-state index contributed by atoms with van der Waals surface area (Å²) in [4.78, 5) is 10.2. The molecule has 13 rings (SSSR count). The molecule has 0 N–H and O–H groups in total. The Morgan fingerprint density at radius 2 is 0.852 bits per heavy atom. The van der Waals surface area contributed by atoms with E-state index in [1.165, 1.54) is 54.8 Å². The van der Waals surface area contributed by atoms with E-state index in [2.05, 4.69) is 179 Å². The molecule has 0 radical (unpaired) electrons. The molecule has 284 valence electrons. The van der Waals surface area contributed by atoms with Crippen LogP contribution < -0.4 is 4.74 Å². The van der Waals surface area contributed by atoms with Gasteiger partial charge in [0.2, 0.25) is 0 Å². The van der Waals surface area contributed by atoms with Crippen LogP contribution in [0.4, 0.5) is 0 Å². The van der Waals surface area contributed by atoms with Crippen molar-refractivity contribution in [3.05, 3.63) is 206 Å². The van der Waals surface area contributed by atoms with Crippen LogP contribution in [0.25, 0.3) is 111 Å². The first kappa shape index (κ1) is 33.7. The third-order valence-electron chi connectivity index (χ3n) is 12.3. The van der Waals surface area contributed by atoms with Crippen molar-refractivity contribution in [2.24, 2.45) is 0 Å². The average molecular weight is 779 g/mol. The second-order valence-corrected chi connectivity index (χ2v) is 15.8.